The van der Waals surface area contributed by atoms with Gasteiger partial charge in [-0.05, 0) is 65.5 Å². The van der Waals surface area contributed by atoms with Crippen LogP contribution in [-0.2, 0) is 11.3 Å². The van der Waals surface area contributed by atoms with Gasteiger partial charge < -0.3 is 14.6 Å². The minimum absolute atomic E-state index is 0.121. The molecule has 4 rings (SSSR count). The zero-order valence-electron chi connectivity index (χ0n) is 14.5. The van der Waals surface area contributed by atoms with Crippen LogP contribution in [0.4, 0.5) is 5.69 Å². The summed E-state index contributed by atoms with van der Waals surface area (Å²) in [5.74, 6) is -0.975. The van der Waals surface area contributed by atoms with Gasteiger partial charge in [0, 0.05) is 29.5 Å². The number of carboxylic acid groups (broad SMARTS) is 1. The second-order valence-electron chi connectivity index (χ2n) is 6.82. The fraction of sp³-hybridized carbons (Fsp3) is 0.300. The van der Waals surface area contributed by atoms with Crippen LogP contribution >= 0.6 is 27.5 Å². The number of pyridine rings is 1. The molecular weight excluding hydrogens is 432 g/mol. The molecule has 0 spiro atoms. The van der Waals surface area contributed by atoms with E-state index in [0.717, 1.165) is 31.6 Å². The lowest BCUT2D eigenvalue weighted by Gasteiger charge is -2.29. The minimum Gasteiger partial charge on any atom is -0.480 e. The van der Waals surface area contributed by atoms with Crippen molar-refractivity contribution >= 4 is 61.0 Å². The Morgan fingerprint density at radius 1 is 1.11 bits per heavy atom. The van der Waals surface area contributed by atoms with Gasteiger partial charge >= 0.3 is 5.97 Å². The molecule has 0 saturated carbocycles. The molecular formula is C20H18BrClN2O3. The van der Waals surface area contributed by atoms with E-state index in [2.05, 4.69) is 20.8 Å². The van der Waals surface area contributed by atoms with E-state index < -0.39 is 5.97 Å². The van der Waals surface area contributed by atoms with Crippen LogP contribution in [0.5, 0.6) is 0 Å². The molecule has 1 saturated heterocycles. The Morgan fingerprint density at radius 3 is 2.52 bits per heavy atom. The van der Waals surface area contributed by atoms with Gasteiger partial charge in [0.1, 0.15) is 6.54 Å². The molecule has 1 aliphatic heterocycles. The summed E-state index contributed by atoms with van der Waals surface area (Å²) < 4.78 is 2.20. The second-order valence-corrected chi connectivity index (χ2v) is 8.02. The molecule has 1 fully saturated rings. The molecule has 0 unspecified atom stereocenters. The number of fused-ring (bicyclic) bond motifs is 2. The molecule has 27 heavy (non-hydrogen) atoms. The quantitative estimate of drug-likeness (QED) is 0.592. The monoisotopic (exact) mass is 448 g/mol. The predicted octanol–water partition coefficient (Wildman–Crippen LogP) is 4.65. The molecule has 1 aromatic heterocycles. The van der Waals surface area contributed by atoms with E-state index in [-0.39, 0.29) is 12.0 Å². The Bertz CT molecular complexity index is 1120. The largest absolute Gasteiger partial charge is 0.480 e. The minimum atomic E-state index is -0.975. The standard InChI is InChI=1S/C20H18BrClN2O3/c21-18-15(22)7-6-14-19(18)24(11-17(25)26)16-10-12(4-5-13(16)20(14)27)23-8-2-1-3-9-23/h4-7,10H,1-3,8-9,11H2,(H,25,26). The van der Waals surface area contributed by atoms with E-state index in [1.807, 2.05) is 18.2 Å². The van der Waals surface area contributed by atoms with Crippen molar-refractivity contribution in [1.82, 2.24) is 4.57 Å². The summed E-state index contributed by atoms with van der Waals surface area (Å²) >= 11 is 9.68. The molecule has 7 heteroatoms. The third kappa shape index (κ3) is 3.21. The summed E-state index contributed by atoms with van der Waals surface area (Å²) in [7, 11) is 0. The number of aliphatic carboxylic acids is 1. The summed E-state index contributed by atoms with van der Waals surface area (Å²) in [6, 6.07) is 8.99. The maximum absolute atomic E-state index is 13.0. The average Bonchev–Trinajstić information content (AvgIpc) is 2.67. The summed E-state index contributed by atoms with van der Waals surface area (Å²) in [5.41, 5.74) is 2.02. The van der Waals surface area contributed by atoms with E-state index in [0.29, 0.717) is 31.3 Å². The third-order valence-electron chi connectivity index (χ3n) is 5.11. The van der Waals surface area contributed by atoms with Gasteiger partial charge in [0.2, 0.25) is 0 Å². The van der Waals surface area contributed by atoms with E-state index in [1.165, 1.54) is 6.42 Å². The van der Waals surface area contributed by atoms with Crippen LogP contribution < -0.4 is 10.3 Å². The third-order valence-corrected chi connectivity index (χ3v) is 6.46. The van der Waals surface area contributed by atoms with E-state index in [4.69, 9.17) is 11.6 Å². The SMILES string of the molecule is O=C(O)Cn1c2cc(N3CCCCC3)ccc2c(=O)c2ccc(Cl)c(Br)c21. The van der Waals surface area contributed by atoms with Crippen LogP contribution in [-0.4, -0.2) is 28.7 Å². The van der Waals surface area contributed by atoms with Gasteiger partial charge in [-0.3, -0.25) is 9.59 Å². The fourth-order valence-electron chi connectivity index (χ4n) is 3.84. The lowest BCUT2D eigenvalue weighted by atomic mass is 10.1. The Hall–Kier alpha value is -2.05. The summed E-state index contributed by atoms with van der Waals surface area (Å²) in [4.78, 5) is 26.9. The lowest BCUT2D eigenvalue weighted by molar-refractivity contribution is -0.137. The number of carbonyl (C=O) groups is 1. The first-order valence-corrected chi connectivity index (χ1v) is 10.1. The van der Waals surface area contributed by atoms with Crippen LogP contribution in [0.3, 0.4) is 0 Å². The average molecular weight is 450 g/mol. The number of halogens is 2. The molecule has 0 radical (unpaired) electrons. The maximum Gasteiger partial charge on any atom is 0.323 e. The maximum atomic E-state index is 13.0. The van der Waals surface area contributed by atoms with Gasteiger partial charge in [0.15, 0.2) is 5.43 Å². The van der Waals surface area contributed by atoms with Gasteiger partial charge in [-0.25, -0.2) is 0 Å². The number of carboxylic acids is 1. The molecule has 0 atom stereocenters. The Labute approximate surface area is 169 Å². The number of anilines is 1. The van der Waals surface area contributed by atoms with Crippen molar-refractivity contribution in [3.63, 3.8) is 0 Å². The predicted molar refractivity (Wildman–Crippen MR) is 112 cm³/mol. The first-order chi connectivity index (χ1) is 13.0. The summed E-state index contributed by atoms with van der Waals surface area (Å²) in [6.45, 7) is 1.69. The second kappa shape index (κ2) is 7.17. The van der Waals surface area contributed by atoms with Crippen molar-refractivity contribution in [2.24, 2.45) is 0 Å². The van der Waals surface area contributed by atoms with Crippen LogP contribution in [0, 0.1) is 0 Å². The number of nitrogens with zero attached hydrogens (tertiary/aromatic N) is 2. The van der Waals surface area contributed by atoms with Crippen molar-refractivity contribution in [3.05, 3.63) is 50.1 Å². The molecule has 2 heterocycles. The Kier molecular flexibility index (Phi) is 4.86. The number of benzene rings is 2. The van der Waals surface area contributed by atoms with Gasteiger partial charge in [0.05, 0.1) is 20.5 Å². The molecule has 2 aromatic carbocycles. The highest BCUT2D eigenvalue weighted by atomic mass is 79.9. The molecule has 140 valence electrons. The number of hydrogen-bond donors (Lipinski definition) is 1. The fourth-order valence-corrected chi connectivity index (χ4v) is 4.55. The van der Waals surface area contributed by atoms with Crippen LogP contribution in [0.1, 0.15) is 19.3 Å². The first-order valence-electron chi connectivity index (χ1n) is 8.88. The van der Waals surface area contributed by atoms with E-state index in [9.17, 15) is 14.7 Å². The highest BCUT2D eigenvalue weighted by molar-refractivity contribution is 9.10. The van der Waals surface area contributed by atoms with Gasteiger partial charge in [-0.1, -0.05) is 11.6 Å². The zero-order chi connectivity index (χ0) is 19.1. The number of aromatic nitrogens is 1. The molecule has 0 amide bonds. The Balaban J connectivity index is 2.07. The first kappa shape index (κ1) is 18.3. The summed E-state index contributed by atoms with van der Waals surface area (Å²) in [5, 5.41) is 10.9. The van der Waals surface area contributed by atoms with Crippen molar-refractivity contribution in [2.45, 2.75) is 25.8 Å². The van der Waals surface area contributed by atoms with E-state index in [1.54, 1.807) is 16.7 Å². The van der Waals surface area contributed by atoms with Gasteiger partial charge in [-0.2, -0.15) is 0 Å². The van der Waals surface area contributed by atoms with Crippen molar-refractivity contribution in [3.8, 4) is 0 Å². The van der Waals surface area contributed by atoms with E-state index >= 15 is 0 Å². The molecule has 0 aliphatic carbocycles. The van der Waals surface area contributed by atoms with Crippen LogP contribution in [0.25, 0.3) is 21.8 Å². The van der Waals surface area contributed by atoms with Crippen LogP contribution in [0.2, 0.25) is 5.02 Å². The van der Waals surface area contributed by atoms with Crippen LogP contribution in [0.15, 0.2) is 39.6 Å². The van der Waals surface area contributed by atoms with Crippen molar-refractivity contribution in [1.29, 1.82) is 0 Å². The number of hydrogen-bond acceptors (Lipinski definition) is 3. The highest BCUT2D eigenvalue weighted by Crippen LogP contribution is 2.33. The molecule has 0 bridgehead atoms. The summed E-state index contributed by atoms with van der Waals surface area (Å²) in [6.07, 6.45) is 3.50. The normalized spacial score (nSPS) is 14.8. The van der Waals surface area contributed by atoms with Crippen molar-refractivity contribution < 1.29 is 9.90 Å². The molecule has 1 N–H and O–H groups in total. The van der Waals surface area contributed by atoms with Crippen molar-refractivity contribution in [2.75, 3.05) is 18.0 Å². The van der Waals surface area contributed by atoms with Gasteiger partial charge in [-0.15, -0.1) is 0 Å². The number of rotatable bonds is 3. The highest BCUT2D eigenvalue weighted by Gasteiger charge is 2.18. The lowest BCUT2D eigenvalue weighted by Crippen LogP contribution is -2.29. The number of piperidine rings is 1. The molecule has 3 aromatic rings. The zero-order valence-corrected chi connectivity index (χ0v) is 16.9. The molecule has 1 aliphatic rings. The van der Waals surface area contributed by atoms with Gasteiger partial charge in [0.25, 0.3) is 0 Å². The topological polar surface area (TPSA) is 62.5 Å². The smallest absolute Gasteiger partial charge is 0.323 e. The molecule has 5 nitrogen and oxygen atoms in total. The Morgan fingerprint density at radius 2 is 1.81 bits per heavy atom.